The average molecular weight is 535 g/mol. The lowest BCUT2D eigenvalue weighted by Gasteiger charge is -2.26. The summed E-state index contributed by atoms with van der Waals surface area (Å²) in [6.45, 7) is -0.846. The summed E-state index contributed by atoms with van der Waals surface area (Å²) < 4.78 is 42.1. The van der Waals surface area contributed by atoms with E-state index in [1.165, 1.54) is 15.5 Å². The monoisotopic (exact) mass is 535 g/mol. The normalized spacial score (nSPS) is 26.0. The highest BCUT2D eigenvalue weighted by Crippen LogP contribution is 2.58. The number of aliphatic hydroxyl groups is 2. The number of imidazole rings is 2. The molecule has 1 saturated heterocycles. The van der Waals surface area contributed by atoms with E-state index in [1.807, 2.05) is 0 Å². The summed E-state index contributed by atoms with van der Waals surface area (Å²) in [5.41, 5.74) is -0.156. The van der Waals surface area contributed by atoms with Crippen molar-refractivity contribution < 1.29 is 47.3 Å². The van der Waals surface area contributed by atoms with E-state index in [0.29, 0.717) is 4.34 Å². The van der Waals surface area contributed by atoms with E-state index < -0.39 is 52.3 Å². The molecule has 6 atom stereocenters. The van der Waals surface area contributed by atoms with Crippen molar-refractivity contribution in [2.75, 3.05) is 25.6 Å². The van der Waals surface area contributed by atoms with Crippen LogP contribution in [0.1, 0.15) is 6.23 Å². The predicted molar refractivity (Wildman–Crippen MR) is 114 cm³/mol. The van der Waals surface area contributed by atoms with E-state index in [1.54, 1.807) is 26.0 Å². The van der Waals surface area contributed by atoms with Crippen LogP contribution in [0, 0.1) is 0 Å². The molecule has 4 rings (SSSR count). The number of aromatic nitrogens is 6. The number of nitrogens with zero attached hydrogens (tertiary/aromatic N) is 6. The number of hydrogen-bond acceptors (Lipinski definition) is 12. The van der Waals surface area contributed by atoms with Crippen LogP contribution in [0.4, 0.5) is 5.95 Å². The quantitative estimate of drug-likeness (QED) is 0.174. The predicted octanol–water partition coefficient (Wildman–Crippen LogP) is -2.42. The number of fused-ring (bicyclic) bond motifs is 1. The molecule has 0 aromatic carbocycles. The molecule has 0 spiro atoms. The number of ether oxygens (including phenoxy) is 1. The first-order chi connectivity index (χ1) is 16.3. The van der Waals surface area contributed by atoms with Crippen LogP contribution in [0.2, 0.25) is 0 Å². The van der Waals surface area contributed by atoms with Crippen molar-refractivity contribution in [2.45, 2.75) is 24.5 Å². The zero-order chi connectivity index (χ0) is 25.7. The highest BCUT2D eigenvalue weighted by Gasteiger charge is 2.47. The van der Waals surface area contributed by atoms with E-state index in [9.17, 15) is 33.9 Å². The van der Waals surface area contributed by atoms with Gasteiger partial charge in [0, 0.05) is 26.5 Å². The first-order valence-corrected chi connectivity index (χ1v) is 13.0. The fourth-order valence-corrected chi connectivity index (χ4v) is 5.81. The zero-order valence-electron chi connectivity index (χ0n) is 18.6. The molecule has 3 aromatic heterocycles. The number of aromatic amines is 1. The molecule has 0 aliphatic carbocycles. The van der Waals surface area contributed by atoms with Crippen molar-refractivity contribution >= 4 is 32.7 Å². The van der Waals surface area contributed by atoms with Gasteiger partial charge in [-0.25, -0.2) is 22.8 Å². The molecule has 3 aromatic rings. The Balaban J connectivity index is 1.53. The number of aliphatic hydroxyl groups excluding tert-OH is 2. The Morgan fingerprint density at radius 1 is 1.34 bits per heavy atom. The third-order valence-corrected chi connectivity index (χ3v) is 8.12. The van der Waals surface area contributed by atoms with Crippen LogP contribution in [0.3, 0.4) is 0 Å². The SMILES string of the molecule is CN(C)c1nc2c(c(=O)[nH]1)n(C)c[n+]2[C@@H]1O[C@H](COP(=O)([O-])OP(=O)(O)n2ccnc2)[C@@H](O)[C@H]1O. The lowest BCUT2D eigenvalue weighted by Crippen LogP contribution is -2.46. The van der Waals surface area contributed by atoms with Gasteiger partial charge in [0.05, 0.1) is 13.7 Å². The fourth-order valence-electron chi connectivity index (χ4n) is 3.50. The molecule has 4 heterocycles. The summed E-state index contributed by atoms with van der Waals surface area (Å²) in [6.07, 6.45) is -1.37. The van der Waals surface area contributed by atoms with Gasteiger partial charge < -0.3 is 34.2 Å². The van der Waals surface area contributed by atoms with Crippen LogP contribution >= 0.6 is 15.6 Å². The number of aryl methyl sites for hydroxylation is 1. The Bertz CT molecular complexity index is 1370. The van der Waals surface area contributed by atoms with E-state index >= 15 is 0 Å². The van der Waals surface area contributed by atoms with Crippen LogP contribution < -0.4 is 19.9 Å². The second-order valence-electron chi connectivity index (χ2n) is 7.89. The highest BCUT2D eigenvalue weighted by molar-refractivity contribution is 7.62. The Labute approximate surface area is 197 Å². The molecule has 0 bridgehead atoms. The number of rotatable bonds is 8. The maximum Gasteiger partial charge on any atom is 0.444 e. The van der Waals surface area contributed by atoms with Gasteiger partial charge >= 0.3 is 13.4 Å². The first kappa shape index (κ1) is 25.6. The van der Waals surface area contributed by atoms with Gasteiger partial charge in [-0.05, 0) is 0 Å². The maximum absolute atomic E-state index is 12.5. The van der Waals surface area contributed by atoms with Gasteiger partial charge in [0.25, 0.3) is 19.3 Å². The summed E-state index contributed by atoms with van der Waals surface area (Å²) in [4.78, 5) is 46.5. The smallest absolute Gasteiger partial charge is 0.444 e. The Morgan fingerprint density at radius 3 is 2.69 bits per heavy atom. The minimum atomic E-state index is -5.36. The lowest BCUT2D eigenvalue weighted by atomic mass is 10.1. The Kier molecular flexibility index (Phi) is 6.74. The molecule has 192 valence electrons. The van der Waals surface area contributed by atoms with Crippen LogP contribution in [0.25, 0.3) is 11.2 Å². The molecule has 35 heavy (non-hydrogen) atoms. The van der Waals surface area contributed by atoms with Crippen LogP contribution in [0.15, 0.2) is 29.8 Å². The second kappa shape index (κ2) is 9.20. The van der Waals surface area contributed by atoms with Gasteiger partial charge in [-0.15, -0.1) is 0 Å². The molecule has 19 heteroatoms. The summed E-state index contributed by atoms with van der Waals surface area (Å²) in [7, 11) is -5.33. The van der Waals surface area contributed by atoms with E-state index in [2.05, 4.69) is 23.8 Å². The second-order valence-corrected chi connectivity index (χ2v) is 11.1. The first-order valence-electron chi connectivity index (χ1n) is 9.98. The molecule has 1 fully saturated rings. The number of hydrogen-bond donors (Lipinski definition) is 4. The van der Waals surface area contributed by atoms with Crippen molar-refractivity contribution in [3.05, 3.63) is 35.4 Å². The molecule has 2 unspecified atom stereocenters. The van der Waals surface area contributed by atoms with Gasteiger partial charge in [0.1, 0.15) is 24.6 Å². The molecule has 4 N–H and O–H groups in total. The van der Waals surface area contributed by atoms with E-state index in [4.69, 9.17) is 4.74 Å². The van der Waals surface area contributed by atoms with Crippen molar-refractivity contribution in [1.82, 2.24) is 23.9 Å². The summed E-state index contributed by atoms with van der Waals surface area (Å²) in [6, 6.07) is 0. The van der Waals surface area contributed by atoms with Gasteiger partial charge in [-0.3, -0.25) is 18.9 Å². The number of H-pyrrole nitrogens is 1. The maximum atomic E-state index is 12.5. The fraction of sp³-hybridized carbons (Fsp3) is 0.500. The number of phosphoric ester groups is 1. The van der Waals surface area contributed by atoms with Crippen molar-refractivity contribution in [1.29, 1.82) is 0 Å². The molecule has 1 aliphatic rings. The third kappa shape index (κ3) is 4.95. The van der Waals surface area contributed by atoms with Crippen LogP contribution in [-0.2, 0) is 29.7 Å². The topological polar surface area (TPSA) is 221 Å². The standard InChI is InChI=1S/C16H23N7O10P2/c1-20(2)16-18-13-10(14(26)19-16)21(3)8-23(13)15-12(25)11(24)9(32-15)6-31-35(29,30)33-34(27,28)22-5-4-17-7-22/h4-5,7-9,11-12,15,24-25H,6H2,1-3H3,(H2-,18,19,26,27,28,29,30)/t9-,11-,12-,15-/m1/s1. The van der Waals surface area contributed by atoms with Crippen LogP contribution in [-0.4, -0.2) is 78.0 Å². The molecule has 0 radical (unpaired) electrons. The molecule has 0 amide bonds. The van der Waals surface area contributed by atoms with Gasteiger partial charge in [-0.1, -0.05) is 4.98 Å². The number of nitrogens with one attached hydrogen (secondary N) is 1. The minimum Gasteiger partial charge on any atom is -0.756 e. The summed E-state index contributed by atoms with van der Waals surface area (Å²) >= 11 is 0. The van der Waals surface area contributed by atoms with Gasteiger partial charge in [-0.2, -0.15) is 0 Å². The van der Waals surface area contributed by atoms with E-state index in [-0.39, 0.29) is 17.1 Å². The molecular weight excluding hydrogens is 512 g/mol. The third-order valence-electron chi connectivity index (χ3n) is 5.18. The van der Waals surface area contributed by atoms with Gasteiger partial charge in [0.15, 0.2) is 6.33 Å². The number of phosphoric acid groups is 1. The largest absolute Gasteiger partial charge is 0.756 e. The van der Waals surface area contributed by atoms with Crippen molar-refractivity contribution in [2.24, 2.45) is 7.05 Å². The molecule has 17 nitrogen and oxygen atoms in total. The summed E-state index contributed by atoms with van der Waals surface area (Å²) in [5.74, 6) is 0.228. The Hall–Kier alpha value is -2.46. The average Bonchev–Trinajstić information content (AvgIpc) is 3.47. The van der Waals surface area contributed by atoms with Crippen molar-refractivity contribution in [3.63, 3.8) is 0 Å². The van der Waals surface area contributed by atoms with Crippen LogP contribution in [0.5, 0.6) is 0 Å². The van der Waals surface area contributed by atoms with Gasteiger partial charge in [0.2, 0.25) is 11.7 Å². The Morgan fingerprint density at radius 2 is 2.06 bits per heavy atom. The molecule has 1 aliphatic heterocycles. The van der Waals surface area contributed by atoms with Crippen molar-refractivity contribution in [3.8, 4) is 0 Å². The molecule has 0 saturated carbocycles. The van der Waals surface area contributed by atoms with E-state index in [0.717, 1.165) is 18.7 Å². The summed E-state index contributed by atoms with van der Waals surface area (Å²) in [5, 5.41) is 21.0. The highest BCUT2D eigenvalue weighted by atomic mass is 31.3. The lowest BCUT2D eigenvalue weighted by molar-refractivity contribution is -0.745. The number of anilines is 1. The zero-order valence-corrected chi connectivity index (χ0v) is 20.4. The molecular formula is C16H23N7O10P2. The minimum absolute atomic E-state index is 0.136.